The van der Waals surface area contributed by atoms with Crippen LogP contribution < -0.4 is 10.1 Å². The second-order valence-electron chi connectivity index (χ2n) is 5.53. The van der Waals surface area contributed by atoms with Gasteiger partial charge in [-0.15, -0.1) is 0 Å². The first-order chi connectivity index (χ1) is 11.5. The van der Waals surface area contributed by atoms with Gasteiger partial charge in [-0.05, 0) is 31.0 Å². The van der Waals surface area contributed by atoms with E-state index in [-0.39, 0.29) is 35.4 Å². The highest BCUT2D eigenvalue weighted by atomic mass is 16.5. The molecule has 0 saturated heterocycles. The van der Waals surface area contributed by atoms with Crippen molar-refractivity contribution in [3.8, 4) is 5.75 Å². The van der Waals surface area contributed by atoms with Crippen molar-refractivity contribution in [3.63, 3.8) is 0 Å². The van der Waals surface area contributed by atoms with Gasteiger partial charge >= 0.3 is 11.9 Å². The van der Waals surface area contributed by atoms with Gasteiger partial charge < -0.3 is 19.5 Å². The average molecular weight is 335 g/mol. The molecule has 1 aromatic carbocycles. The van der Waals surface area contributed by atoms with E-state index in [0.29, 0.717) is 0 Å². The maximum Gasteiger partial charge on any atom is 0.341 e. The van der Waals surface area contributed by atoms with Crippen LogP contribution in [0, 0.1) is 0 Å². The van der Waals surface area contributed by atoms with Crippen LogP contribution in [0.3, 0.4) is 0 Å². The van der Waals surface area contributed by atoms with Crippen molar-refractivity contribution in [2.75, 3.05) is 20.8 Å². The number of rotatable bonds is 6. The monoisotopic (exact) mass is 335 g/mol. The van der Waals surface area contributed by atoms with E-state index in [0.717, 1.165) is 25.7 Å². The van der Waals surface area contributed by atoms with Gasteiger partial charge in [0.2, 0.25) is 0 Å². The third kappa shape index (κ3) is 4.47. The number of carbonyl (C=O) groups excluding carboxylic acids is 3. The molecule has 0 spiro atoms. The first-order valence-corrected chi connectivity index (χ1v) is 7.78. The van der Waals surface area contributed by atoms with E-state index < -0.39 is 11.9 Å². The number of hydrogen-bond donors (Lipinski definition) is 1. The van der Waals surface area contributed by atoms with E-state index >= 15 is 0 Å². The minimum absolute atomic E-state index is 0.0640. The van der Waals surface area contributed by atoms with Crippen molar-refractivity contribution in [2.24, 2.45) is 0 Å². The van der Waals surface area contributed by atoms with Gasteiger partial charge in [-0.25, -0.2) is 9.59 Å². The fourth-order valence-electron chi connectivity index (χ4n) is 2.65. The van der Waals surface area contributed by atoms with Crippen LogP contribution in [0.4, 0.5) is 0 Å². The normalized spacial score (nSPS) is 14.1. The average Bonchev–Trinajstić information content (AvgIpc) is 3.11. The molecule has 0 radical (unpaired) electrons. The van der Waals surface area contributed by atoms with E-state index in [1.54, 1.807) is 0 Å². The molecule has 1 aliphatic rings. The highest BCUT2D eigenvalue weighted by Crippen LogP contribution is 2.22. The smallest absolute Gasteiger partial charge is 0.341 e. The molecule has 0 heterocycles. The number of ether oxygens (including phenoxy) is 3. The summed E-state index contributed by atoms with van der Waals surface area (Å²) in [5, 5.41) is 2.90. The molecule has 7 heteroatoms. The SMILES string of the molecule is COC(=O)c1ccc(OCC(=O)NC2CCCC2)c(C(=O)OC)c1. The second-order valence-corrected chi connectivity index (χ2v) is 5.53. The molecule has 1 saturated carbocycles. The zero-order chi connectivity index (χ0) is 17.5. The fraction of sp³-hybridized carbons (Fsp3) is 0.471. The van der Waals surface area contributed by atoms with Gasteiger partial charge in [0.15, 0.2) is 6.61 Å². The highest BCUT2D eigenvalue weighted by Gasteiger charge is 2.20. The van der Waals surface area contributed by atoms with Crippen LogP contribution in [0.25, 0.3) is 0 Å². The highest BCUT2D eigenvalue weighted by molar-refractivity contribution is 5.97. The van der Waals surface area contributed by atoms with Crippen LogP contribution in [0.1, 0.15) is 46.4 Å². The quantitative estimate of drug-likeness (QED) is 0.796. The van der Waals surface area contributed by atoms with Crippen molar-refractivity contribution in [2.45, 2.75) is 31.7 Å². The van der Waals surface area contributed by atoms with Gasteiger partial charge in [0.05, 0.1) is 19.8 Å². The number of benzene rings is 1. The lowest BCUT2D eigenvalue weighted by Gasteiger charge is -2.14. The van der Waals surface area contributed by atoms with Gasteiger partial charge in [-0.1, -0.05) is 12.8 Å². The van der Waals surface area contributed by atoms with Crippen LogP contribution in [0.5, 0.6) is 5.75 Å². The summed E-state index contributed by atoms with van der Waals surface area (Å²) in [6.45, 7) is -0.210. The lowest BCUT2D eigenvalue weighted by atomic mass is 10.1. The number of esters is 2. The Kier molecular flexibility index (Phi) is 6.17. The lowest BCUT2D eigenvalue weighted by Crippen LogP contribution is -2.36. The summed E-state index contributed by atoms with van der Waals surface area (Å²) in [5.74, 6) is -1.30. The van der Waals surface area contributed by atoms with Crippen LogP contribution in [0.2, 0.25) is 0 Å². The standard InChI is InChI=1S/C17H21NO6/c1-22-16(20)11-7-8-14(13(9-11)17(21)23-2)24-10-15(19)18-12-5-3-4-6-12/h7-9,12H,3-6,10H2,1-2H3,(H,18,19). The maximum atomic E-state index is 11.9. The Morgan fingerprint density at radius 1 is 1.08 bits per heavy atom. The molecule has 0 aliphatic heterocycles. The van der Waals surface area contributed by atoms with Crippen LogP contribution in [-0.4, -0.2) is 44.7 Å². The first kappa shape index (κ1) is 17.8. The van der Waals surface area contributed by atoms with E-state index in [2.05, 4.69) is 14.8 Å². The Labute approximate surface area is 140 Å². The van der Waals surface area contributed by atoms with Gasteiger partial charge in [0.1, 0.15) is 11.3 Å². The summed E-state index contributed by atoms with van der Waals surface area (Å²) in [5.41, 5.74) is 0.259. The molecule has 2 rings (SSSR count). The molecule has 1 amide bonds. The van der Waals surface area contributed by atoms with E-state index in [1.165, 1.54) is 32.4 Å². The zero-order valence-corrected chi connectivity index (χ0v) is 13.8. The number of amides is 1. The third-order valence-electron chi connectivity index (χ3n) is 3.89. The molecule has 24 heavy (non-hydrogen) atoms. The molecule has 1 fully saturated rings. The maximum absolute atomic E-state index is 11.9. The molecule has 0 atom stereocenters. The second kappa shape index (κ2) is 8.33. The third-order valence-corrected chi connectivity index (χ3v) is 3.89. The molecule has 1 N–H and O–H groups in total. The van der Waals surface area contributed by atoms with Crippen molar-refractivity contribution in [1.82, 2.24) is 5.32 Å². The Morgan fingerprint density at radius 3 is 2.38 bits per heavy atom. The zero-order valence-electron chi connectivity index (χ0n) is 13.8. The first-order valence-electron chi connectivity index (χ1n) is 7.78. The van der Waals surface area contributed by atoms with Gasteiger partial charge in [0, 0.05) is 6.04 Å². The van der Waals surface area contributed by atoms with Crippen molar-refractivity contribution in [3.05, 3.63) is 29.3 Å². The van der Waals surface area contributed by atoms with E-state index in [1.807, 2.05) is 0 Å². The molecule has 0 aromatic heterocycles. The Morgan fingerprint density at radius 2 is 1.75 bits per heavy atom. The minimum Gasteiger partial charge on any atom is -0.483 e. The largest absolute Gasteiger partial charge is 0.483 e. The van der Waals surface area contributed by atoms with Crippen LogP contribution in [0.15, 0.2) is 18.2 Å². The molecule has 1 aliphatic carbocycles. The van der Waals surface area contributed by atoms with Gasteiger partial charge in [-0.2, -0.15) is 0 Å². The molecular formula is C17H21NO6. The van der Waals surface area contributed by atoms with E-state index in [9.17, 15) is 14.4 Å². The minimum atomic E-state index is -0.660. The Balaban J connectivity index is 2.06. The van der Waals surface area contributed by atoms with Crippen LogP contribution >= 0.6 is 0 Å². The summed E-state index contributed by atoms with van der Waals surface area (Å²) < 4.78 is 14.7. The lowest BCUT2D eigenvalue weighted by molar-refractivity contribution is -0.123. The number of hydrogen-bond acceptors (Lipinski definition) is 6. The Hall–Kier alpha value is -2.57. The van der Waals surface area contributed by atoms with Crippen molar-refractivity contribution in [1.29, 1.82) is 0 Å². The van der Waals surface area contributed by atoms with Gasteiger partial charge in [0.25, 0.3) is 5.91 Å². The molecule has 7 nitrogen and oxygen atoms in total. The topological polar surface area (TPSA) is 90.9 Å². The summed E-state index contributed by atoms with van der Waals surface area (Å²) in [6, 6.07) is 4.42. The molecular weight excluding hydrogens is 314 g/mol. The van der Waals surface area contributed by atoms with Crippen molar-refractivity contribution >= 4 is 17.8 Å². The summed E-state index contributed by atoms with van der Waals surface area (Å²) in [4.78, 5) is 35.4. The Bertz CT molecular complexity index is 622. The summed E-state index contributed by atoms with van der Waals surface area (Å²) >= 11 is 0. The van der Waals surface area contributed by atoms with E-state index in [4.69, 9.17) is 4.74 Å². The summed E-state index contributed by atoms with van der Waals surface area (Å²) in [6.07, 6.45) is 4.19. The summed E-state index contributed by atoms with van der Waals surface area (Å²) in [7, 11) is 2.47. The van der Waals surface area contributed by atoms with Crippen molar-refractivity contribution < 1.29 is 28.6 Å². The molecule has 130 valence electrons. The predicted molar refractivity (Wildman–Crippen MR) is 85.0 cm³/mol. The molecule has 1 aromatic rings. The van der Waals surface area contributed by atoms with Crippen LogP contribution in [-0.2, 0) is 14.3 Å². The number of methoxy groups -OCH3 is 2. The predicted octanol–water partition coefficient (Wildman–Crippen LogP) is 1.70. The van der Waals surface area contributed by atoms with Gasteiger partial charge in [-0.3, -0.25) is 4.79 Å². The fourth-order valence-corrected chi connectivity index (χ4v) is 2.65. The molecule has 0 unspecified atom stereocenters. The molecule has 0 bridgehead atoms. The number of carbonyl (C=O) groups is 3. The number of nitrogens with one attached hydrogen (secondary N) is 1.